The summed E-state index contributed by atoms with van der Waals surface area (Å²) in [6.45, 7) is 1.77. The quantitative estimate of drug-likeness (QED) is 0.787. The highest BCUT2D eigenvalue weighted by Gasteiger charge is 2.50. The molecule has 0 amide bonds. The monoisotopic (exact) mass is 272 g/mol. The number of nitriles is 2. The summed E-state index contributed by atoms with van der Waals surface area (Å²) < 4.78 is 0. The average Bonchev–Trinajstić information content (AvgIpc) is 2.98. The largest absolute Gasteiger partial charge is 0.232 e. The number of halogens is 1. The third-order valence-corrected chi connectivity index (χ3v) is 4.17. The van der Waals surface area contributed by atoms with Crippen molar-refractivity contribution in [2.24, 2.45) is 5.92 Å². The van der Waals surface area contributed by atoms with Gasteiger partial charge in [-0.15, -0.1) is 0 Å². The molecule has 0 radical (unpaired) electrons. The van der Waals surface area contributed by atoms with Crippen molar-refractivity contribution in [2.45, 2.75) is 18.5 Å². The van der Waals surface area contributed by atoms with Gasteiger partial charge in [0.05, 0.1) is 24.1 Å². The number of rotatable bonds is 1. The Bertz CT molecular complexity index is 556. The van der Waals surface area contributed by atoms with Crippen LogP contribution in [0.4, 0.5) is 0 Å². The van der Waals surface area contributed by atoms with Crippen LogP contribution in [0.3, 0.4) is 0 Å². The molecule has 1 aromatic rings. The minimum atomic E-state index is -0.340. The molecule has 0 bridgehead atoms. The molecule has 5 heteroatoms. The van der Waals surface area contributed by atoms with E-state index in [1.54, 1.807) is 0 Å². The Kier molecular flexibility index (Phi) is 3.16. The van der Waals surface area contributed by atoms with Crippen LogP contribution in [0.15, 0.2) is 24.3 Å². The van der Waals surface area contributed by atoms with Gasteiger partial charge in [0.15, 0.2) is 0 Å². The van der Waals surface area contributed by atoms with E-state index in [0.717, 1.165) is 25.1 Å². The smallest absolute Gasteiger partial charge is 0.129 e. The lowest BCUT2D eigenvalue weighted by atomic mass is 9.90. The molecular weight excluding hydrogens is 260 g/mol. The molecule has 3 atom stereocenters. The molecule has 1 aromatic carbocycles. The zero-order valence-electron chi connectivity index (χ0n) is 10.3. The number of hydrogen-bond acceptors (Lipinski definition) is 4. The van der Waals surface area contributed by atoms with Gasteiger partial charge >= 0.3 is 0 Å². The predicted molar refractivity (Wildman–Crippen MR) is 70.7 cm³/mol. The molecule has 0 N–H and O–H groups in total. The molecule has 2 aliphatic rings. The van der Waals surface area contributed by atoms with Gasteiger partial charge in [-0.05, 0) is 24.1 Å². The summed E-state index contributed by atoms with van der Waals surface area (Å²) in [5, 5.41) is 23.7. The molecule has 2 fully saturated rings. The van der Waals surface area contributed by atoms with E-state index in [-0.39, 0.29) is 18.0 Å². The minimum absolute atomic E-state index is 0.0329. The first kappa shape index (κ1) is 12.4. The second-order valence-corrected chi connectivity index (χ2v) is 5.34. The summed E-state index contributed by atoms with van der Waals surface area (Å²) in [6.07, 6.45) is 1.04. The number of hydrazine groups is 1. The van der Waals surface area contributed by atoms with Crippen LogP contribution in [0.5, 0.6) is 0 Å². The summed E-state index contributed by atoms with van der Waals surface area (Å²) in [6, 6.07) is 11.8. The van der Waals surface area contributed by atoms with Crippen molar-refractivity contribution >= 4 is 11.6 Å². The van der Waals surface area contributed by atoms with Crippen molar-refractivity contribution in [1.82, 2.24) is 10.0 Å². The van der Waals surface area contributed by atoms with E-state index in [2.05, 4.69) is 17.1 Å². The topological polar surface area (TPSA) is 54.1 Å². The van der Waals surface area contributed by atoms with Gasteiger partial charge < -0.3 is 0 Å². The predicted octanol–water partition coefficient (Wildman–Crippen LogP) is 2.35. The van der Waals surface area contributed by atoms with Gasteiger partial charge in [-0.3, -0.25) is 0 Å². The fourth-order valence-electron chi connectivity index (χ4n) is 3.12. The minimum Gasteiger partial charge on any atom is -0.232 e. The second-order valence-electron chi connectivity index (χ2n) is 4.90. The van der Waals surface area contributed by atoms with Gasteiger partial charge in [-0.1, -0.05) is 23.7 Å². The van der Waals surface area contributed by atoms with Crippen LogP contribution in [0.2, 0.25) is 5.02 Å². The molecule has 0 aliphatic carbocycles. The molecule has 19 heavy (non-hydrogen) atoms. The lowest BCUT2D eigenvalue weighted by Gasteiger charge is -2.25. The maximum atomic E-state index is 9.43. The molecule has 96 valence electrons. The second kappa shape index (κ2) is 4.83. The summed E-state index contributed by atoms with van der Waals surface area (Å²) in [5.41, 5.74) is 1.06. The fourth-order valence-corrected chi connectivity index (χ4v) is 3.25. The van der Waals surface area contributed by atoms with E-state index in [0.29, 0.717) is 5.02 Å². The molecular formula is C14H13ClN4. The molecule has 0 aromatic heterocycles. The van der Waals surface area contributed by atoms with Crippen LogP contribution in [0, 0.1) is 28.6 Å². The van der Waals surface area contributed by atoms with Gasteiger partial charge in [0, 0.05) is 18.1 Å². The van der Waals surface area contributed by atoms with E-state index in [4.69, 9.17) is 11.6 Å². The molecule has 2 saturated heterocycles. The maximum Gasteiger partial charge on any atom is 0.129 e. The first-order valence-electron chi connectivity index (χ1n) is 6.34. The van der Waals surface area contributed by atoms with Crippen LogP contribution in [-0.2, 0) is 0 Å². The van der Waals surface area contributed by atoms with Crippen molar-refractivity contribution < 1.29 is 0 Å². The van der Waals surface area contributed by atoms with E-state index in [9.17, 15) is 10.5 Å². The van der Waals surface area contributed by atoms with Crippen LogP contribution < -0.4 is 0 Å². The maximum absolute atomic E-state index is 9.43. The normalized spacial score (nSPS) is 30.8. The highest BCUT2D eigenvalue weighted by Crippen LogP contribution is 2.43. The Morgan fingerprint density at radius 1 is 1.05 bits per heavy atom. The van der Waals surface area contributed by atoms with Crippen molar-refractivity contribution in [1.29, 1.82) is 10.5 Å². The first-order valence-corrected chi connectivity index (χ1v) is 6.72. The Morgan fingerprint density at radius 2 is 1.74 bits per heavy atom. The van der Waals surface area contributed by atoms with Gasteiger partial charge in [0.25, 0.3) is 0 Å². The van der Waals surface area contributed by atoms with Crippen molar-refractivity contribution in [3.8, 4) is 12.1 Å². The molecule has 4 nitrogen and oxygen atoms in total. The standard InChI is InChI=1S/C14H13ClN4/c15-11-4-2-10(3-5-11)14-12(8-16)13(9-17)18-6-1-7-19(14)18/h2-5,12-14H,1,6-7H2/t12-,13+,14+/m0/s1. The summed E-state index contributed by atoms with van der Waals surface area (Å²) in [4.78, 5) is 0. The third kappa shape index (κ3) is 1.89. The highest BCUT2D eigenvalue weighted by molar-refractivity contribution is 6.30. The van der Waals surface area contributed by atoms with Gasteiger partial charge in [0.1, 0.15) is 6.04 Å². The number of fused-ring (bicyclic) bond motifs is 1. The Balaban J connectivity index is 2.01. The molecule has 0 unspecified atom stereocenters. The molecule has 2 heterocycles. The number of hydrogen-bond donors (Lipinski definition) is 0. The van der Waals surface area contributed by atoms with E-state index in [1.807, 2.05) is 29.3 Å². The van der Waals surface area contributed by atoms with Crippen molar-refractivity contribution in [2.75, 3.05) is 13.1 Å². The molecule has 2 aliphatic heterocycles. The van der Waals surface area contributed by atoms with Crippen LogP contribution in [-0.4, -0.2) is 29.1 Å². The van der Waals surface area contributed by atoms with Crippen LogP contribution in [0.25, 0.3) is 0 Å². The van der Waals surface area contributed by atoms with Crippen molar-refractivity contribution in [3.05, 3.63) is 34.9 Å². The summed E-state index contributed by atoms with van der Waals surface area (Å²) in [7, 11) is 0. The highest BCUT2D eigenvalue weighted by atomic mass is 35.5. The lowest BCUT2D eigenvalue weighted by Crippen LogP contribution is -2.35. The van der Waals surface area contributed by atoms with Gasteiger partial charge in [-0.25, -0.2) is 10.0 Å². The lowest BCUT2D eigenvalue weighted by molar-refractivity contribution is 0.0383. The van der Waals surface area contributed by atoms with Crippen molar-refractivity contribution in [3.63, 3.8) is 0 Å². The Hall–Kier alpha value is -1.59. The van der Waals surface area contributed by atoms with Crippen LogP contribution >= 0.6 is 11.6 Å². The van der Waals surface area contributed by atoms with E-state index < -0.39 is 0 Å². The Morgan fingerprint density at radius 3 is 2.37 bits per heavy atom. The zero-order valence-corrected chi connectivity index (χ0v) is 11.1. The number of nitrogens with zero attached hydrogens (tertiary/aromatic N) is 4. The molecule has 0 saturated carbocycles. The van der Waals surface area contributed by atoms with E-state index in [1.165, 1.54) is 0 Å². The summed E-state index contributed by atoms with van der Waals surface area (Å²) in [5.74, 6) is -0.313. The molecule has 3 rings (SSSR count). The van der Waals surface area contributed by atoms with E-state index >= 15 is 0 Å². The van der Waals surface area contributed by atoms with Gasteiger partial charge in [-0.2, -0.15) is 10.5 Å². The zero-order chi connectivity index (χ0) is 13.4. The van der Waals surface area contributed by atoms with Crippen LogP contribution in [0.1, 0.15) is 18.0 Å². The number of benzene rings is 1. The molecule has 0 spiro atoms. The fraction of sp³-hybridized carbons (Fsp3) is 0.429. The average molecular weight is 273 g/mol. The third-order valence-electron chi connectivity index (χ3n) is 3.92. The summed E-state index contributed by atoms with van der Waals surface area (Å²) >= 11 is 5.91. The first-order chi connectivity index (χ1) is 9.26. The SMILES string of the molecule is N#C[C@H]1[C@@H](C#N)N2CCCN2[C@@H]1c1ccc(Cl)cc1. The Labute approximate surface area is 117 Å². The van der Waals surface area contributed by atoms with Gasteiger partial charge in [0.2, 0.25) is 0 Å².